The summed E-state index contributed by atoms with van der Waals surface area (Å²) in [4.78, 5) is 53.4. The number of carbonyl (C=O) groups is 4. The molecule has 1 aliphatic heterocycles. The van der Waals surface area contributed by atoms with Crippen molar-refractivity contribution >= 4 is 34.9 Å². The SMILES string of the molecule is NCCCCCCc1ccc2[nH]c(C(=O)N[C@@H](Cc3cccc(F)c3)C(=O)N[C@H](C=O)C[C@@H]3CCNC3=O)cc2c1. The molecule has 0 bridgehead atoms. The van der Waals surface area contributed by atoms with Crippen LogP contribution in [0, 0.1) is 11.7 Å². The Morgan fingerprint density at radius 2 is 1.88 bits per heavy atom. The molecule has 3 aromatic rings. The largest absolute Gasteiger partial charge is 0.356 e. The lowest BCUT2D eigenvalue weighted by Gasteiger charge is -2.22. The smallest absolute Gasteiger partial charge is 0.268 e. The topological polar surface area (TPSA) is 146 Å². The summed E-state index contributed by atoms with van der Waals surface area (Å²) in [7, 11) is 0. The molecule has 2 heterocycles. The van der Waals surface area contributed by atoms with Crippen LogP contribution >= 0.6 is 0 Å². The summed E-state index contributed by atoms with van der Waals surface area (Å²) in [6.45, 7) is 1.24. The number of aryl methyl sites for hydroxylation is 1. The second kappa shape index (κ2) is 14.5. The van der Waals surface area contributed by atoms with Gasteiger partial charge in [-0.25, -0.2) is 4.39 Å². The number of hydrogen-bond acceptors (Lipinski definition) is 5. The Morgan fingerprint density at radius 1 is 1.05 bits per heavy atom. The lowest BCUT2D eigenvalue weighted by atomic mass is 9.98. The van der Waals surface area contributed by atoms with E-state index in [0.717, 1.165) is 43.0 Å². The highest BCUT2D eigenvalue weighted by molar-refractivity contribution is 6.00. The maximum absolute atomic E-state index is 13.9. The highest BCUT2D eigenvalue weighted by Gasteiger charge is 2.30. The molecule has 0 aliphatic carbocycles. The van der Waals surface area contributed by atoms with Crippen LogP contribution in [0.15, 0.2) is 48.5 Å². The number of aromatic nitrogens is 1. The normalized spacial score (nSPS) is 16.2. The zero-order chi connectivity index (χ0) is 29.2. The summed E-state index contributed by atoms with van der Waals surface area (Å²) in [6, 6.07) is 11.6. The number of aldehydes is 1. The van der Waals surface area contributed by atoms with Gasteiger partial charge >= 0.3 is 0 Å². The van der Waals surface area contributed by atoms with Crippen LogP contribution in [0.2, 0.25) is 0 Å². The Hall–Kier alpha value is -4.05. The fourth-order valence-corrected chi connectivity index (χ4v) is 5.24. The van der Waals surface area contributed by atoms with Crippen molar-refractivity contribution in [3.63, 3.8) is 0 Å². The van der Waals surface area contributed by atoms with Gasteiger partial charge in [0.1, 0.15) is 23.8 Å². The van der Waals surface area contributed by atoms with E-state index in [1.165, 1.54) is 23.8 Å². The van der Waals surface area contributed by atoms with E-state index in [1.54, 1.807) is 12.1 Å². The molecule has 3 atom stereocenters. The van der Waals surface area contributed by atoms with E-state index in [9.17, 15) is 23.6 Å². The number of carbonyl (C=O) groups excluding carboxylic acids is 4. The molecule has 41 heavy (non-hydrogen) atoms. The van der Waals surface area contributed by atoms with Crippen molar-refractivity contribution in [2.45, 2.75) is 63.5 Å². The fourth-order valence-electron chi connectivity index (χ4n) is 5.24. The number of amides is 3. The highest BCUT2D eigenvalue weighted by Crippen LogP contribution is 2.20. The first-order valence-electron chi connectivity index (χ1n) is 14.3. The van der Waals surface area contributed by atoms with Gasteiger partial charge in [-0.2, -0.15) is 0 Å². The van der Waals surface area contributed by atoms with E-state index in [-0.39, 0.29) is 30.4 Å². The number of aromatic amines is 1. The van der Waals surface area contributed by atoms with Gasteiger partial charge in [0.25, 0.3) is 5.91 Å². The van der Waals surface area contributed by atoms with Crippen LogP contribution in [-0.4, -0.2) is 54.2 Å². The van der Waals surface area contributed by atoms with Gasteiger partial charge in [0.2, 0.25) is 11.8 Å². The Kier molecular flexibility index (Phi) is 10.6. The molecule has 0 saturated carbocycles. The molecule has 3 amide bonds. The van der Waals surface area contributed by atoms with Gasteiger partial charge in [-0.3, -0.25) is 14.4 Å². The van der Waals surface area contributed by atoms with Gasteiger partial charge in [-0.1, -0.05) is 31.0 Å². The highest BCUT2D eigenvalue weighted by atomic mass is 19.1. The summed E-state index contributed by atoms with van der Waals surface area (Å²) in [6.07, 6.45) is 6.61. The molecule has 9 nitrogen and oxygen atoms in total. The van der Waals surface area contributed by atoms with E-state index >= 15 is 0 Å². The molecule has 0 unspecified atom stereocenters. The summed E-state index contributed by atoms with van der Waals surface area (Å²) in [5, 5.41) is 9.02. The van der Waals surface area contributed by atoms with E-state index in [1.807, 2.05) is 12.1 Å². The number of halogens is 1. The lowest BCUT2D eigenvalue weighted by molar-refractivity contribution is -0.127. The van der Waals surface area contributed by atoms with E-state index < -0.39 is 29.7 Å². The minimum absolute atomic E-state index is 0.0133. The number of nitrogens with one attached hydrogen (secondary N) is 4. The third-order valence-corrected chi connectivity index (χ3v) is 7.49. The van der Waals surface area contributed by atoms with Crippen LogP contribution in [0.4, 0.5) is 4.39 Å². The predicted molar refractivity (Wildman–Crippen MR) is 155 cm³/mol. The number of H-pyrrole nitrogens is 1. The molecule has 1 aliphatic rings. The van der Waals surface area contributed by atoms with Crippen molar-refractivity contribution in [1.29, 1.82) is 0 Å². The first-order chi connectivity index (χ1) is 19.9. The maximum atomic E-state index is 13.9. The summed E-state index contributed by atoms with van der Waals surface area (Å²) >= 11 is 0. The molecule has 1 fully saturated rings. The van der Waals surface area contributed by atoms with Crippen molar-refractivity contribution in [3.8, 4) is 0 Å². The molecule has 10 heteroatoms. The average molecular weight is 564 g/mol. The van der Waals surface area contributed by atoms with Crippen molar-refractivity contribution in [1.82, 2.24) is 20.9 Å². The molecule has 0 radical (unpaired) electrons. The first-order valence-corrected chi connectivity index (χ1v) is 14.3. The van der Waals surface area contributed by atoms with Gasteiger partial charge in [0, 0.05) is 29.8 Å². The average Bonchev–Trinajstić information content (AvgIpc) is 3.57. The molecule has 1 aromatic heterocycles. The summed E-state index contributed by atoms with van der Waals surface area (Å²) < 4.78 is 13.9. The Balaban J connectivity index is 1.46. The van der Waals surface area contributed by atoms with Crippen LogP contribution < -0.4 is 21.7 Å². The minimum Gasteiger partial charge on any atom is -0.356 e. The van der Waals surface area contributed by atoms with Gasteiger partial charge in [-0.15, -0.1) is 0 Å². The summed E-state index contributed by atoms with van der Waals surface area (Å²) in [5.74, 6) is -2.07. The predicted octanol–water partition coefficient (Wildman–Crippen LogP) is 2.92. The molecule has 0 spiro atoms. The minimum atomic E-state index is -1.08. The molecule has 2 aromatic carbocycles. The van der Waals surface area contributed by atoms with E-state index in [4.69, 9.17) is 5.73 Å². The van der Waals surface area contributed by atoms with Gasteiger partial charge in [0.15, 0.2) is 0 Å². The molecular weight excluding hydrogens is 525 g/mol. The van der Waals surface area contributed by atoms with Crippen LogP contribution in [0.3, 0.4) is 0 Å². The molecule has 218 valence electrons. The maximum Gasteiger partial charge on any atom is 0.268 e. The van der Waals surface area contributed by atoms with Crippen molar-refractivity contribution in [3.05, 3.63) is 71.2 Å². The third kappa shape index (κ3) is 8.47. The standard InChI is InChI=1S/C31H38FN5O4/c32-24-8-5-7-21(15-24)16-27(30(40)35-25(19-38)17-22-11-13-34-29(22)39)37-31(41)28-18-23-14-20(9-10-26(23)36-28)6-3-1-2-4-12-33/h5,7-10,14-15,18-19,22,25,27,36H,1-4,6,11-13,16-17,33H2,(H,34,39)(H,35,40)(H,37,41)/t22-,25-,27-/m0/s1. The van der Waals surface area contributed by atoms with Crippen LogP contribution in [-0.2, 0) is 27.2 Å². The number of rotatable bonds is 15. The zero-order valence-corrected chi connectivity index (χ0v) is 23.1. The molecule has 4 rings (SSSR count). The number of fused-ring (bicyclic) bond motifs is 1. The zero-order valence-electron chi connectivity index (χ0n) is 23.1. The molecule has 6 N–H and O–H groups in total. The number of benzene rings is 2. The van der Waals surface area contributed by atoms with E-state index in [0.29, 0.717) is 31.4 Å². The summed E-state index contributed by atoms with van der Waals surface area (Å²) in [5.41, 5.74) is 8.33. The number of hydrogen-bond donors (Lipinski definition) is 5. The van der Waals surface area contributed by atoms with Gasteiger partial charge < -0.3 is 31.5 Å². The quantitative estimate of drug-likeness (QED) is 0.143. The van der Waals surface area contributed by atoms with Crippen molar-refractivity contribution in [2.24, 2.45) is 11.7 Å². The second-order valence-corrected chi connectivity index (χ2v) is 10.7. The van der Waals surface area contributed by atoms with Gasteiger partial charge in [0.05, 0.1) is 6.04 Å². The van der Waals surface area contributed by atoms with Crippen molar-refractivity contribution < 1.29 is 23.6 Å². The Morgan fingerprint density at radius 3 is 2.61 bits per heavy atom. The second-order valence-electron chi connectivity index (χ2n) is 10.7. The van der Waals surface area contributed by atoms with Crippen LogP contribution in [0.5, 0.6) is 0 Å². The van der Waals surface area contributed by atoms with Gasteiger partial charge in [-0.05, 0) is 80.1 Å². The number of unbranched alkanes of at least 4 members (excludes halogenated alkanes) is 3. The lowest BCUT2D eigenvalue weighted by Crippen LogP contribution is -2.51. The van der Waals surface area contributed by atoms with E-state index in [2.05, 4.69) is 27.0 Å². The van der Waals surface area contributed by atoms with Crippen LogP contribution in [0.25, 0.3) is 10.9 Å². The van der Waals surface area contributed by atoms with Crippen LogP contribution in [0.1, 0.15) is 60.1 Å². The number of nitrogens with two attached hydrogens (primary N) is 1. The Labute approximate surface area is 238 Å². The Bertz CT molecular complexity index is 1370. The molecule has 1 saturated heterocycles. The monoisotopic (exact) mass is 563 g/mol. The third-order valence-electron chi connectivity index (χ3n) is 7.49. The fraction of sp³-hybridized carbons (Fsp3) is 0.419. The first kappa shape index (κ1) is 29.9. The molecular formula is C31H38FN5O4. The van der Waals surface area contributed by atoms with Crippen molar-refractivity contribution in [2.75, 3.05) is 13.1 Å².